The smallest absolute Gasteiger partial charge is 0.270 e. The third-order valence-electron chi connectivity index (χ3n) is 2.48. The maximum Gasteiger partial charge on any atom is 0.270 e. The lowest BCUT2D eigenvalue weighted by Crippen LogP contribution is -2.30. The molecule has 21 heavy (non-hydrogen) atoms. The van der Waals surface area contributed by atoms with E-state index in [0.717, 1.165) is 0 Å². The quantitative estimate of drug-likeness (QED) is 0.910. The molecule has 0 fully saturated rings. The highest BCUT2D eigenvalue weighted by atomic mass is 35.5. The number of nitrogens with zero attached hydrogens (tertiary/aromatic N) is 2. The summed E-state index contributed by atoms with van der Waals surface area (Å²) in [4.78, 5) is 20.0. The van der Waals surface area contributed by atoms with E-state index in [4.69, 9.17) is 11.6 Å². The summed E-state index contributed by atoms with van der Waals surface area (Å²) in [5.74, 6) is -0.560. The Morgan fingerprint density at radius 3 is 2.76 bits per heavy atom. The second kappa shape index (κ2) is 6.49. The van der Waals surface area contributed by atoms with E-state index >= 15 is 0 Å². The molecule has 0 bridgehead atoms. The number of hydrogen-bond donors (Lipinski definition) is 2. The molecule has 2 rings (SSSR count). The van der Waals surface area contributed by atoms with Gasteiger partial charge in [-0.05, 0) is 38.1 Å². The van der Waals surface area contributed by atoms with Gasteiger partial charge < -0.3 is 10.6 Å². The van der Waals surface area contributed by atoms with Crippen molar-refractivity contribution in [3.63, 3.8) is 0 Å². The first kappa shape index (κ1) is 15.2. The summed E-state index contributed by atoms with van der Waals surface area (Å²) in [5.41, 5.74) is 0.775. The van der Waals surface area contributed by atoms with Crippen LogP contribution in [0.2, 0.25) is 5.02 Å². The van der Waals surface area contributed by atoms with E-state index in [2.05, 4.69) is 20.6 Å². The van der Waals surface area contributed by atoms with E-state index in [1.54, 1.807) is 0 Å². The van der Waals surface area contributed by atoms with Crippen LogP contribution in [0, 0.1) is 5.82 Å². The van der Waals surface area contributed by atoms with Gasteiger partial charge in [0.25, 0.3) is 5.91 Å². The molecule has 2 N–H and O–H groups in total. The molecular formula is C14H14ClFN4O. The van der Waals surface area contributed by atoms with Crippen molar-refractivity contribution in [2.24, 2.45) is 0 Å². The van der Waals surface area contributed by atoms with Crippen molar-refractivity contribution in [1.29, 1.82) is 0 Å². The monoisotopic (exact) mass is 308 g/mol. The van der Waals surface area contributed by atoms with Gasteiger partial charge in [0.1, 0.15) is 11.5 Å². The van der Waals surface area contributed by atoms with Crippen LogP contribution in [0.3, 0.4) is 0 Å². The number of carbonyl (C=O) groups is 1. The standard InChI is InChI=1S/C14H14ClFN4O/c1-8(2)18-13(21)12-5-6-17-14(20-12)19-9-3-4-11(16)10(15)7-9/h3-8H,1-2H3,(H,18,21)(H,17,19,20). The van der Waals surface area contributed by atoms with Crippen molar-refractivity contribution in [3.05, 3.63) is 47.0 Å². The molecule has 0 aliphatic rings. The molecule has 1 heterocycles. The molecule has 0 saturated carbocycles. The first-order valence-corrected chi connectivity index (χ1v) is 6.69. The SMILES string of the molecule is CC(C)NC(=O)c1ccnc(Nc2ccc(F)c(Cl)c2)n1. The molecule has 0 aliphatic heterocycles. The molecule has 2 aromatic rings. The van der Waals surface area contributed by atoms with Gasteiger partial charge in [0, 0.05) is 17.9 Å². The highest BCUT2D eigenvalue weighted by Crippen LogP contribution is 2.21. The molecule has 5 nitrogen and oxygen atoms in total. The predicted molar refractivity (Wildman–Crippen MR) is 79.3 cm³/mol. The average molecular weight is 309 g/mol. The number of anilines is 2. The number of benzene rings is 1. The van der Waals surface area contributed by atoms with Crippen molar-refractivity contribution in [2.75, 3.05) is 5.32 Å². The molecule has 7 heteroatoms. The largest absolute Gasteiger partial charge is 0.349 e. The van der Waals surface area contributed by atoms with Gasteiger partial charge in [0.2, 0.25) is 5.95 Å². The van der Waals surface area contributed by atoms with Crippen LogP contribution in [0.1, 0.15) is 24.3 Å². The molecule has 0 saturated heterocycles. The summed E-state index contributed by atoms with van der Waals surface area (Å²) in [5, 5.41) is 5.60. The number of amides is 1. The normalized spacial score (nSPS) is 10.5. The second-order valence-electron chi connectivity index (χ2n) is 4.65. The number of carbonyl (C=O) groups excluding carboxylic acids is 1. The number of rotatable bonds is 4. The molecule has 0 radical (unpaired) electrons. The van der Waals surface area contributed by atoms with E-state index in [-0.39, 0.29) is 28.6 Å². The van der Waals surface area contributed by atoms with Gasteiger partial charge in [-0.3, -0.25) is 4.79 Å². The fourth-order valence-electron chi connectivity index (χ4n) is 1.58. The third kappa shape index (κ3) is 4.13. The molecule has 0 atom stereocenters. The molecule has 110 valence electrons. The first-order chi connectivity index (χ1) is 9.95. The lowest BCUT2D eigenvalue weighted by molar-refractivity contribution is 0.0938. The predicted octanol–water partition coefficient (Wildman–Crippen LogP) is 3.15. The van der Waals surface area contributed by atoms with E-state index < -0.39 is 5.82 Å². The summed E-state index contributed by atoms with van der Waals surface area (Å²) in [6.07, 6.45) is 1.47. The topological polar surface area (TPSA) is 66.9 Å². The Labute approximate surface area is 126 Å². The fraction of sp³-hybridized carbons (Fsp3) is 0.214. The number of halogens is 2. The zero-order valence-electron chi connectivity index (χ0n) is 11.5. The van der Waals surface area contributed by atoms with Crippen molar-refractivity contribution in [1.82, 2.24) is 15.3 Å². The van der Waals surface area contributed by atoms with Crippen molar-refractivity contribution >= 4 is 29.1 Å². The van der Waals surface area contributed by atoms with Crippen molar-refractivity contribution < 1.29 is 9.18 Å². The summed E-state index contributed by atoms with van der Waals surface area (Å²) < 4.78 is 13.1. The minimum absolute atomic E-state index is 0.00583. The van der Waals surface area contributed by atoms with Crippen molar-refractivity contribution in [3.8, 4) is 0 Å². The molecule has 0 unspecified atom stereocenters. The number of hydrogen-bond acceptors (Lipinski definition) is 4. The lowest BCUT2D eigenvalue weighted by Gasteiger charge is -2.09. The summed E-state index contributed by atoms with van der Waals surface area (Å²) in [6.45, 7) is 3.72. The second-order valence-corrected chi connectivity index (χ2v) is 5.05. The molecule has 1 aromatic heterocycles. The first-order valence-electron chi connectivity index (χ1n) is 6.31. The minimum Gasteiger partial charge on any atom is -0.349 e. The number of nitrogens with one attached hydrogen (secondary N) is 2. The van der Waals surface area contributed by atoms with Crippen LogP contribution in [0.25, 0.3) is 0 Å². The van der Waals surface area contributed by atoms with Gasteiger partial charge >= 0.3 is 0 Å². The highest BCUT2D eigenvalue weighted by Gasteiger charge is 2.10. The van der Waals surface area contributed by atoms with Crippen molar-refractivity contribution in [2.45, 2.75) is 19.9 Å². The fourth-order valence-corrected chi connectivity index (χ4v) is 1.77. The van der Waals surface area contributed by atoms with Crippen LogP contribution in [-0.2, 0) is 0 Å². The van der Waals surface area contributed by atoms with Gasteiger partial charge in [0.05, 0.1) is 5.02 Å². The lowest BCUT2D eigenvalue weighted by atomic mass is 10.3. The van der Waals surface area contributed by atoms with Crippen LogP contribution < -0.4 is 10.6 Å². The Morgan fingerprint density at radius 2 is 2.10 bits per heavy atom. The highest BCUT2D eigenvalue weighted by molar-refractivity contribution is 6.31. The Kier molecular flexibility index (Phi) is 4.70. The maximum atomic E-state index is 13.1. The molecule has 0 spiro atoms. The summed E-state index contributed by atoms with van der Waals surface area (Å²) >= 11 is 5.70. The Bertz CT molecular complexity index is 663. The number of aromatic nitrogens is 2. The van der Waals surface area contributed by atoms with Gasteiger partial charge in [-0.15, -0.1) is 0 Å². The van der Waals surface area contributed by atoms with Crippen LogP contribution in [0.15, 0.2) is 30.5 Å². The Morgan fingerprint density at radius 1 is 1.33 bits per heavy atom. The maximum absolute atomic E-state index is 13.1. The molecule has 0 aliphatic carbocycles. The van der Waals surface area contributed by atoms with E-state index in [1.165, 1.54) is 30.5 Å². The third-order valence-corrected chi connectivity index (χ3v) is 2.77. The summed E-state index contributed by atoms with van der Waals surface area (Å²) in [7, 11) is 0. The van der Waals surface area contributed by atoms with Gasteiger partial charge in [-0.25, -0.2) is 14.4 Å². The average Bonchev–Trinajstić information content (AvgIpc) is 2.42. The Balaban J connectivity index is 2.17. The van der Waals surface area contributed by atoms with E-state index in [9.17, 15) is 9.18 Å². The molecule has 1 amide bonds. The van der Waals surface area contributed by atoms with Crippen LogP contribution in [-0.4, -0.2) is 21.9 Å². The van der Waals surface area contributed by atoms with Gasteiger partial charge in [-0.1, -0.05) is 11.6 Å². The van der Waals surface area contributed by atoms with E-state index in [0.29, 0.717) is 5.69 Å². The summed E-state index contributed by atoms with van der Waals surface area (Å²) in [6, 6.07) is 5.69. The Hall–Kier alpha value is -2.21. The van der Waals surface area contributed by atoms with Crippen LogP contribution in [0.5, 0.6) is 0 Å². The minimum atomic E-state index is -0.506. The van der Waals surface area contributed by atoms with E-state index in [1.807, 2.05) is 13.8 Å². The van der Waals surface area contributed by atoms with Crippen LogP contribution in [0.4, 0.5) is 16.0 Å². The molecular weight excluding hydrogens is 295 g/mol. The zero-order valence-corrected chi connectivity index (χ0v) is 12.3. The zero-order chi connectivity index (χ0) is 15.4. The van der Waals surface area contributed by atoms with Gasteiger partial charge in [-0.2, -0.15) is 0 Å². The van der Waals surface area contributed by atoms with Crippen LogP contribution >= 0.6 is 11.6 Å². The molecule has 1 aromatic carbocycles. The van der Waals surface area contributed by atoms with Gasteiger partial charge in [0.15, 0.2) is 0 Å².